The van der Waals surface area contributed by atoms with Crippen molar-refractivity contribution in [3.63, 3.8) is 0 Å². The Balaban J connectivity index is 1.73. The highest BCUT2D eigenvalue weighted by Crippen LogP contribution is 2.18. The van der Waals surface area contributed by atoms with Gasteiger partial charge in [0.15, 0.2) is 0 Å². The lowest BCUT2D eigenvalue weighted by atomic mass is 10.1. The maximum atomic E-state index is 11.5. The Morgan fingerprint density at radius 3 is 2.52 bits per heavy atom. The molecule has 2 aromatic rings. The molecule has 0 aliphatic carbocycles. The topological polar surface area (TPSA) is 53.5 Å². The number of aromatic nitrogens is 1. The van der Waals surface area contributed by atoms with Crippen molar-refractivity contribution in [3.05, 3.63) is 42.1 Å². The first kappa shape index (κ1) is 14.4. The van der Waals surface area contributed by atoms with E-state index < -0.39 is 10.0 Å². The monoisotopic (exact) mass is 305 g/mol. The molecular formula is C15H19N3O2S. The summed E-state index contributed by atoms with van der Waals surface area (Å²) in [5.74, 6) is 0. The van der Waals surface area contributed by atoms with E-state index in [-0.39, 0.29) is 0 Å². The molecule has 0 radical (unpaired) electrons. The zero-order valence-corrected chi connectivity index (χ0v) is 12.9. The van der Waals surface area contributed by atoms with Gasteiger partial charge < -0.3 is 0 Å². The van der Waals surface area contributed by atoms with E-state index in [0.717, 1.165) is 30.5 Å². The first-order valence-corrected chi connectivity index (χ1v) is 8.89. The molecule has 0 spiro atoms. The van der Waals surface area contributed by atoms with Gasteiger partial charge in [0.25, 0.3) is 0 Å². The van der Waals surface area contributed by atoms with Crippen molar-refractivity contribution in [2.24, 2.45) is 0 Å². The quantitative estimate of drug-likeness (QED) is 0.858. The summed E-state index contributed by atoms with van der Waals surface area (Å²) in [5, 5.41) is 1.14. The maximum absolute atomic E-state index is 11.5. The summed E-state index contributed by atoms with van der Waals surface area (Å²) in [7, 11) is -3.06. The number of para-hydroxylation sites is 1. The van der Waals surface area contributed by atoms with E-state index in [2.05, 4.69) is 28.1 Å². The summed E-state index contributed by atoms with van der Waals surface area (Å²) in [5.41, 5.74) is 2.23. The summed E-state index contributed by atoms with van der Waals surface area (Å²) in [4.78, 5) is 6.75. The fourth-order valence-corrected chi connectivity index (χ4v) is 3.58. The van der Waals surface area contributed by atoms with Gasteiger partial charge in [-0.05, 0) is 11.6 Å². The number of sulfonamides is 1. The van der Waals surface area contributed by atoms with Crippen molar-refractivity contribution < 1.29 is 8.42 Å². The first-order valence-electron chi connectivity index (χ1n) is 7.04. The maximum Gasteiger partial charge on any atom is 0.211 e. The Morgan fingerprint density at radius 1 is 1.10 bits per heavy atom. The molecule has 2 heterocycles. The molecule has 5 nitrogen and oxygen atoms in total. The number of pyridine rings is 1. The minimum Gasteiger partial charge on any atom is -0.296 e. The summed E-state index contributed by atoms with van der Waals surface area (Å²) in [6, 6.07) is 10.2. The zero-order chi connectivity index (χ0) is 14.9. The Hall–Kier alpha value is -1.50. The molecule has 0 saturated carbocycles. The number of piperazine rings is 1. The van der Waals surface area contributed by atoms with Crippen LogP contribution in [0.5, 0.6) is 0 Å². The Kier molecular flexibility index (Phi) is 3.93. The number of nitrogens with zero attached hydrogens (tertiary/aromatic N) is 3. The van der Waals surface area contributed by atoms with Crippen molar-refractivity contribution in [2.75, 3.05) is 32.4 Å². The van der Waals surface area contributed by atoms with E-state index in [9.17, 15) is 8.42 Å². The van der Waals surface area contributed by atoms with E-state index >= 15 is 0 Å². The van der Waals surface area contributed by atoms with E-state index in [4.69, 9.17) is 0 Å². The van der Waals surface area contributed by atoms with Crippen molar-refractivity contribution in [2.45, 2.75) is 6.54 Å². The van der Waals surface area contributed by atoms with Crippen LogP contribution in [0, 0.1) is 0 Å². The van der Waals surface area contributed by atoms with Crippen molar-refractivity contribution in [1.29, 1.82) is 0 Å². The third kappa shape index (κ3) is 3.23. The Morgan fingerprint density at radius 2 is 1.81 bits per heavy atom. The number of rotatable bonds is 3. The van der Waals surface area contributed by atoms with Crippen molar-refractivity contribution >= 4 is 20.9 Å². The Labute approximate surface area is 125 Å². The second kappa shape index (κ2) is 5.71. The lowest BCUT2D eigenvalue weighted by molar-refractivity contribution is 0.182. The van der Waals surface area contributed by atoms with Gasteiger partial charge in [-0.3, -0.25) is 9.88 Å². The van der Waals surface area contributed by atoms with Crippen LogP contribution >= 0.6 is 0 Å². The van der Waals surface area contributed by atoms with Crippen molar-refractivity contribution in [1.82, 2.24) is 14.2 Å². The van der Waals surface area contributed by atoms with Gasteiger partial charge in [0, 0.05) is 44.3 Å². The molecule has 112 valence electrons. The van der Waals surface area contributed by atoms with Gasteiger partial charge in [-0.1, -0.05) is 24.3 Å². The van der Waals surface area contributed by atoms with Gasteiger partial charge in [0.1, 0.15) is 0 Å². The number of benzene rings is 1. The number of hydrogen-bond donors (Lipinski definition) is 0. The molecule has 21 heavy (non-hydrogen) atoms. The number of hydrogen-bond acceptors (Lipinski definition) is 4. The molecule has 0 unspecified atom stereocenters. The molecule has 1 aromatic carbocycles. The van der Waals surface area contributed by atoms with E-state index in [0.29, 0.717) is 13.1 Å². The van der Waals surface area contributed by atoms with Crippen LogP contribution in [0.1, 0.15) is 5.56 Å². The fraction of sp³-hybridized carbons (Fsp3) is 0.400. The smallest absolute Gasteiger partial charge is 0.211 e. The average Bonchev–Trinajstić information content (AvgIpc) is 2.47. The Bertz CT molecular complexity index is 732. The molecule has 3 rings (SSSR count). The summed E-state index contributed by atoms with van der Waals surface area (Å²) < 4.78 is 24.6. The predicted octanol–water partition coefficient (Wildman–Crippen LogP) is 1.31. The van der Waals surface area contributed by atoms with Crippen LogP contribution in [-0.2, 0) is 16.6 Å². The molecule has 1 aliphatic heterocycles. The highest BCUT2D eigenvalue weighted by molar-refractivity contribution is 7.88. The first-order chi connectivity index (χ1) is 10.0. The van der Waals surface area contributed by atoms with Gasteiger partial charge in [0.05, 0.1) is 11.8 Å². The van der Waals surface area contributed by atoms with Crippen molar-refractivity contribution in [3.8, 4) is 0 Å². The molecule has 0 amide bonds. The molecule has 0 bridgehead atoms. The average molecular weight is 305 g/mol. The van der Waals surface area contributed by atoms with Crippen LogP contribution in [0.2, 0.25) is 0 Å². The van der Waals surface area contributed by atoms with Gasteiger partial charge in [0.2, 0.25) is 10.0 Å². The summed E-state index contributed by atoms with van der Waals surface area (Å²) in [6.07, 6.45) is 3.09. The highest BCUT2D eigenvalue weighted by Gasteiger charge is 2.23. The predicted molar refractivity (Wildman–Crippen MR) is 83.4 cm³/mol. The van der Waals surface area contributed by atoms with Crippen LogP contribution < -0.4 is 0 Å². The molecule has 6 heteroatoms. The zero-order valence-electron chi connectivity index (χ0n) is 12.1. The summed E-state index contributed by atoms with van der Waals surface area (Å²) >= 11 is 0. The van der Waals surface area contributed by atoms with Gasteiger partial charge in [-0.15, -0.1) is 0 Å². The van der Waals surface area contributed by atoms with Gasteiger partial charge in [-0.25, -0.2) is 8.42 Å². The second-order valence-electron chi connectivity index (χ2n) is 5.43. The van der Waals surface area contributed by atoms with Crippen LogP contribution in [0.25, 0.3) is 10.9 Å². The fourth-order valence-electron chi connectivity index (χ4n) is 2.76. The van der Waals surface area contributed by atoms with Crippen LogP contribution in [0.4, 0.5) is 0 Å². The third-order valence-corrected chi connectivity index (χ3v) is 5.21. The van der Waals surface area contributed by atoms with Gasteiger partial charge in [-0.2, -0.15) is 4.31 Å². The molecule has 1 aliphatic rings. The highest BCUT2D eigenvalue weighted by atomic mass is 32.2. The van der Waals surface area contributed by atoms with E-state index in [1.807, 2.05) is 18.3 Å². The molecule has 0 atom stereocenters. The van der Waals surface area contributed by atoms with Gasteiger partial charge >= 0.3 is 0 Å². The number of fused-ring (bicyclic) bond motifs is 1. The molecule has 1 fully saturated rings. The second-order valence-corrected chi connectivity index (χ2v) is 7.41. The van der Waals surface area contributed by atoms with Crippen LogP contribution in [-0.4, -0.2) is 55.0 Å². The van der Waals surface area contributed by atoms with E-state index in [1.54, 1.807) is 4.31 Å². The van der Waals surface area contributed by atoms with Crippen LogP contribution in [0.3, 0.4) is 0 Å². The lowest BCUT2D eigenvalue weighted by Gasteiger charge is -2.33. The molecular weight excluding hydrogens is 286 g/mol. The molecule has 1 aromatic heterocycles. The minimum absolute atomic E-state index is 0.566. The minimum atomic E-state index is -3.06. The third-order valence-electron chi connectivity index (χ3n) is 3.91. The largest absolute Gasteiger partial charge is 0.296 e. The SMILES string of the molecule is CS(=O)(=O)N1CCN(Cc2cccc3cccnc23)CC1. The molecule has 1 saturated heterocycles. The van der Waals surface area contributed by atoms with Crippen LogP contribution in [0.15, 0.2) is 36.5 Å². The standard InChI is InChI=1S/C15H19N3O2S/c1-21(19,20)18-10-8-17(9-11-18)12-14-5-2-4-13-6-3-7-16-15(13)14/h2-7H,8-12H2,1H3. The summed E-state index contributed by atoms with van der Waals surface area (Å²) in [6.45, 7) is 3.46. The normalized spacial score (nSPS) is 18.1. The molecule has 0 N–H and O–H groups in total. The van der Waals surface area contributed by atoms with E-state index in [1.165, 1.54) is 11.8 Å². The lowest BCUT2D eigenvalue weighted by Crippen LogP contribution is -2.47.